The molecule has 0 aliphatic carbocycles. The summed E-state index contributed by atoms with van der Waals surface area (Å²) in [6.45, 7) is 7.02. The van der Waals surface area contributed by atoms with E-state index in [1.165, 1.54) is 11.3 Å². The van der Waals surface area contributed by atoms with E-state index in [4.69, 9.17) is 4.42 Å². The first-order valence-electron chi connectivity index (χ1n) is 8.27. The number of aromatic amines is 1. The van der Waals surface area contributed by atoms with E-state index in [2.05, 4.69) is 56.2 Å². The van der Waals surface area contributed by atoms with Gasteiger partial charge in [-0.25, -0.2) is 4.98 Å². The molecule has 1 saturated heterocycles. The minimum atomic E-state index is 0.619. The van der Waals surface area contributed by atoms with Crippen LogP contribution in [0.4, 0.5) is 5.69 Å². The lowest BCUT2D eigenvalue weighted by molar-refractivity contribution is 0.244. The number of aryl methyl sites for hydroxylation is 1. The molecule has 0 radical (unpaired) electrons. The van der Waals surface area contributed by atoms with Crippen LogP contribution in [0.25, 0.3) is 11.6 Å². The van der Waals surface area contributed by atoms with Crippen LogP contribution in [0, 0.1) is 6.92 Å². The summed E-state index contributed by atoms with van der Waals surface area (Å²) in [5.74, 6) is 2.19. The largest absolute Gasteiger partial charge is 0.461 e. The van der Waals surface area contributed by atoms with Crippen molar-refractivity contribution < 1.29 is 4.42 Å². The molecule has 0 amide bonds. The summed E-state index contributed by atoms with van der Waals surface area (Å²) < 4.78 is 5.33. The van der Waals surface area contributed by atoms with Crippen LogP contribution >= 0.6 is 0 Å². The first-order chi connectivity index (χ1) is 11.8. The Kier molecular flexibility index (Phi) is 4.04. The minimum Gasteiger partial charge on any atom is -0.461 e. The van der Waals surface area contributed by atoms with E-state index in [0.29, 0.717) is 11.6 Å². The van der Waals surface area contributed by atoms with Crippen LogP contribution in [0.2, 0.25) is 0 Å². The number of benzene rings is 1. The number of rotatable bonds is 4. The number of anilines is 1. The number of piperazine rings is 1. The molecule has 1 fully saturated rings. The molecule has 1 aliphatic rings. The van der Waals surface area contributed by atoms with E-state index in [9.17, 15) is 0 Å². The number of nitrogens with one attached hydrogen (secondary N) is 1. The van der Waals surface area contributed by atoms with Gasteiger partial charge in [0.2, 0.25) is 5.82 Å². The monoisotopic (exact) mass is 323 g/mol. The Morgan fingerprint density at radius 2 is 2.00 bits per heavy atom. The second-order valence-electron chi connectivity index (χ2n) is 6.19. The molecule has 3 heterocycles. The van der Waals surface area contributed by atoms with Crippen LogP contribution in [0.1, 0.15) is 11.4 Å². The lowest BCUT2D eigenvalue weighted by Gasteiger charge is -2.35. The Labute approximate surface area is 141 Å². The van der Waals surface area contributed by atoms with Crippen molar-refractivity contribution in [1.29, 1.82) is 0 Å². The molecule has 0 atom stereocenters. The van der Waals surface area contributed by atoms with Gasteiger partial charge in [0.1, 0.15) is 5.82 Å². The van der Waals surface area contributed by atoms with Crippen molar-refractivity contribution in [3.63, 3.8) is 0 Å². The highest BCUT2D eigenvalue weighted by molar-refractivity contribution is 5.49. The highest BCUT2D eigenvalue weighted by atomic mass is 16.3. The van der Waals surface area contributed by atoms with Gasteiger partial charge in [0.15, 0.2) is 5.76 Å². The van der Waals surface area contributed by atoms with Gasteiger partial charge in [-0.1, -0.05) is 12.1 Å². The fourth-order valence-electron chi connectivity index (χ4n) is 3.08. The molecule has 0 unspecified atom stereocenters. The van der Waals surface area contributed by atoms with Crippen molar-refractivity contribution in [2.24, 2.45) is 0 Å². The van der Waals surface area contributed by atoms with E-state index in [-0.39, 0.29) is 0 Å². The van der Waals surface area contributed by atoms with Crippen LogP contribution in [0.15, 0.2) is 47.1 Å². The van der Waals surface area contributed by atoms with E-state index < -0.39 is 0 Å². The van der Waals surface area contributed by atoms with Crippen LogP contribution in [-0.2, 0) is 6.54 Å². The Morgan fingerprint density at radius 3 is 2.75 bits per heavy atom. The lowest BCUT2D eigenvalue weighted by atomic mass is 10.2. The molecular formula is C18H21N5O. The van der Waals surface area contributed by atoms with E-state index in [0.717, 1.165) is 38.5 Å². The highest BCUT2D eigenvalue weighted by Crippen LogP contribution is 2.19. The van der Waals surface area contributed by atoms with Crippen LogP contribution in [0.5, 0.6) is 0 Å². The molecule has 24 heavy (non-hydrogen) atoms. The van der Waals surface area contributed by atoms with Crippen molar-refractivity contribution in [1.82, 2.24) is 20.1 Å². The zero-order chi connectivity index (χ0) is 16.4. The van der Waals surface area contributed by atoms with Gasteiger partial charge in [0, 0.05) is 31.9 Å². The Bertz CT molecular complexity index is 787. The molecule has 6 heteroatoms. The second-order valence-corrected chi connectivity index (χ2v) is 6.19. The maximum Gasteiger partial charge on any atom is 0.216 e. The molecule has 3 aromatic rings. The van der Waals surface area contributed by atoms with Crippen LogP contribution in [0.3, 0.4) is 0 Å². The predicted molar refractivity (Wildman–Crippen MR) is 92.8 cm³/mol. The summed E-state index contributed by atoms with van der Waals surface area (Å²) in [6.07, 6.45) is 1.63. The normalized spacial score (nSPS) is 15.8. The molecule has 6 nitrogen and oxygen atoms in total. The summed E-state index contributed by atoms with van der Waals surface area (Å²) in [4.78, 5) is 9.36. The number of aromatic nitrogens is 3. The maximum absolute atomic E-state index is 5.33. The van der Waals surface area contributed by atoms with Gasteiger partial charge in [-0.15, -0.1) is 5.10 Å². The van der Waals surface area contributed by atoms with Gasteiger partial charge >= 0.3 is 0 Å². The van der Waals surface area contributed by atoms with Gasteiger partial charge in [-0.2, -0.15) is 0 Å². The van der Waals surface area contributed by atoms with Crippen molar-refractivity contribution in [2.45, 2.75) is 13.5 Å². The first kappa shape index (κ1) is 15.0. The second kappa shape index (κ2) is 6.49. The molecule has 1 aliphatic heterocycles. The third-order valence-electron chi connectivity index (χ3n) is 4.39. The van der Waals surface area contributed by atoms with Gasteiger partial charge < -0.3 is 9.32 Å². The zero-order valence-electron chi connectivity index (χ0n) is 13.8. The molecule has 1 aromatic carbocycles. The Morgan fingerprint density at radius 1 is 1.12 bits per heavy atom. The molecule has 1 N–H and O–H groups in total. The summed E-state index contributed by atoms with van der Waals surface area (Å²) in [5.41, 5.74) is 2.62. The van der Waals surface area contributed by atoms with Crippen LogP contribution in [-0.4, -0.2) is 46.3 Å². The molecule has 0 saturated carbocycles. The van der Waals surface area contributed by atoms with Crippen molar-refractivity contribution in [3.8, 4) is 11.6 Å². The fraction of sp³-hybridized carbons (Fsp3) is 0.333. The van der Waals surface area contributed by atoms with Crippen LogP contribution < -0.4 is 4.90 Å². The highest BCUT2D eigenvalue weighted by Gasteiger charge is 2.19. The minimum absolute atomic E-state index is 0.619. The maximum atomic E-state index is 5.33. The lowest BCUT2D eigenvalue weighted by Crippen LogP contribution is -2.46. The van der Waals surface area contributed by atoms with E-state index in [1.54, 1.807) is 6.26 Å². The third kappa shape index (κ3) is 3.19. The SMILES string of the molecule is Cc1cccc(N2CCN(Cc3nc(-c4ccco4)n[nH]3)CC2)c1. The fourth-order valence-corrected chi connectivity index (χ4v) is 3.08. The van der Waals surface area contributed by atoms with Gasteiger partial charge in [-0.05, 0) is 36.8 Å². The van der Waals surface area contributed by atoms with Crippen molar-refractivity contribution >= 4 is 5.69 Å². The van der Waals surface area contributed by atoms with Crippen molar-refractivity contribution in [3.05, 3.63) is 54.0 Å². The number of H-pyrrole nitrogens is 1. The molecule has 124 valence electrons. The Balaban J connectivity index is 1.35. The number of hydrogen-bond acceptors (Lipinski definition) is 5. The number of hydrogen-bond donors (Lipinski definition) is 1. The smallest absolute Gasteiger partial charge is 0.216 e. The molecule has 4 rings (SSSR count). The quantitative estimate of drug-likeness (QED) is 0.800. The topological polar surface area (TPSA) is 61.2 Å². The predicted octanol–water partition coefficient (Wildman–Crippen LogP) is 2.70. The van der Waals surface area contributed by atoms with Crippen molar-refractivity contribution in [2.75, 3.05) is 31.1 Å². The third-order valence-corrected chi connectivity index (χ3v) is 4.39. The molecular weight excluding hydrogens is 302 g/mol. The summed E-state index contributed by atoms with van der Waals surface area (Å²) in [7, 11) is 0. The van der Waals surface area contributed by atoms with E-state index >= 15 is 0 Å². The van der Waals surface area contributed by atoms with Gasteiger partial charge in [-0.3, -0.25) is 10.00 Å². The number of furan rings is 1. The summed E-state index contributed by atoms with van der Waals surface area (Å²) in [5, 5.41) is 7.24. The summed E-state index contributed by atoms with van der Waals surface area (Å²) in [6, 6.07) is 12.4. The standard InChI is InChI=1S/C18H21N5O/c1-14-4-2-5-15(12-14)23-9-7-22(8-10-23)13-17-19-18(21-20-17)16-6-3-11-24-16/h2-6,11-12H,7-10,13H2,1H3,(H,19,20,21). The Hall–Kier alpha value is -2.60. The molecule has 2 aromatic heterocycles. The van der Waals surface area contributed by atoms with Gasteiger partial charge in [0.05, 0.1) is 12.8 Å². The van der Waals surface area contributed by atoms with Gasteiger partial charge in [0.25, 0.3) is 0 Å². The first-order valence-corrected chi connectivity index (χ1v) is 8.27. The molecule has 0 bridgehead atoms. The average molecular weight is 323 g/mol. The molecule has 0 spiro atoms. The number of nitrogens with zero attached hydrogens (tertiary/aromatic N) is 4. The zero-order valence-corrected chi connectivity index (χ0v) is 13.8. The summed E-state index contributed by atoms with van der Waals surface area (Å²) >= 11 is 0. The average Bonchev–Trinajstić information content (AvgIpc) is 3.27. The van der Waals surface area contributed by atoms with E-state index in [1.807, 2.05) is 12.1 Å².